The van der Waals surface area contributed by atoms with E-state index >= 15 is 0 Å². The number of ether oxygens (including phenoxy) is 1. The molecule has 140 valence electrons. The van der Waals surface area contributed by atoms with Crippen LogP contribution in [0.25, 0.3) is 0 Å². The van der Waals surface area contributed by atoms with Gasteiger partial charge in [0.05, 0.1) is 32.0 Å². The molecule has 0 aliphatic rings. The maximum atomic E-state index is 12.0. The van der Waals surface area contributed by atoms with Gasteiger partial charge in [0, 0.05) is 19.3 Å². The summed E-state index contributed by atoms with van der Waals surface area (Å²) in [5.74, 6) is 0.564. The second-order valence-corrected chi connectivity index (χ2v) is 7.77. The lowest BCUT2D eigenvalue weighted by Crippen LogP contribution is -2.38. The fourth-order valence-electron chi connectivity index (χ4n) is 2.35. The van der Waals surface area contributed by atoms with Crippen LogP contribution in [0.5, 0.6) is 5.75 Å². The van der Waals surface area contributed by atoms with E-state index in [9.17, 15) is 13.2 Å². The second-order valence-electron chi connectivity index (χ2n) is 5.79. The average molecular weight is 377 g/mol. The molecule has 8 heteroatoms. The fourth-order valence-corrected chi connectivity index (χ4v) is 3.14. The minimum Gasteiger partial charge on any atom is -0.497 e. The number of nitrogens with one attached hydrogen (secondary N) is 1. The van der Waals surface area contributed by atoms with Crippen molar-refractivity contribution < 1.29 is 17.9 Å². The first-order chi connectivity index (χ1) is 12.4. The third kappa shape index (κ3) is 6.45. The van der Waals surface area contributed by atoms with Crippen molar-refractivity contribution in [3.63, 3.8) is 0 Å². The number of nitrogens with zero attached hydrogens (tertiary/aromatic N) is 2. The van der Waals surface area contributed by atoms with E-state index in [1.54, 1.807) is 43.6 Å². The maximum absolute atomic E-state index is 12.0. The van der Waals surface area contributed by atoms with Crippen LogP contribution in [0, 0.1) is 0 Å². The molecule has 0 saturated heterocycles. The van der Waals surface area contributed by atoms with Crippen LogP contribution in [0.3, 0.4) is 0 Å². The normalized spacial score (nSPS) is 11.3. The van der Waals surface area contributed by atoms with E-state index in [1.165, 1.54) is 4.31 Å². The predicted octanol–water partition coefficient (Wildman–Crippen LogP) is 1.21. The maximum Gasteiger partial charge on any atom is 0.224 e. The first kappa shape index (κ1) is 19.9. The van der Waals surface area contributed by atoms with E-state index < -0.39 is 10.0 Å². The Kier molecular flexibility index (Phi) is 7.11. The molecular weight excluding hydrogens is 354 g/mol. The average Bonchev–Trinajstić information content (AvgIpc) is 2.61. The van der Waals surface area contributed by atoms with Crippen molar-refractivity contribution in [1.29, 1.82) is 0 Å². The van der Waals surface area contributed by atoms with Crippen LogP contribution in [0.2, 0.25) is 0 Å². The number of carbonyl (C=O) groups is 1. The van der Waals surface area contributed by atoms with Crippen molar-refractivity contribution in [2.24, 2.45) is 0 Å². The molecule has 0 fully saturated rings. The summed E-state index contributed by atoms with van der Waals surface area (Å²) in [6, 6.07) is 12.6. The van der Waals surface area contributed by atoms with Gasteiger partial charge >= 0.3 is 0 Å². The van der Waals surface area contributed by atoms with Gasteiger partial charge in [0.25, 0.3) is 0 Å². The van der Waals surface area contributed by atoms with Gasteiger partial charge in [-0.15, -0.1) is 0 Å². The highest BCUT2D eigenvalue weighted by Gasteiger charge is 2.17. The van der Waals surface area contributed by atoms with Crippen molar-refractivity contribution in [3.05, 3.63) is 59.9 Å². The van der Waals surface area contributed by atoms with Gasteiger partial charge in [-0.1, -0.05) is 18.2 Å². The number of methoxy groups -OCH3 is 1. The molecule has 1 heterocycles. The Morgan fingerprint density at radius 1 is 1.19 bits per heavy atom. The zero-order valence-corrected chi connectivity index (χ0v) is 15.7. The molecular formula is C18H23N3O4S. The number of rotatable bonds is 9. The summed E-state index contributed by atoms with van der Waals surface area (Å²) < 4.78 is 30.2. The molecule has 0 aliphatic heterocycles. The Balaban J connectivity index is 1.85. The van der Waals surface area contributed by atoms with Crippen molar-refractivity contribution in [3.8, 4) is 5.75 Å². The number of aromatic nitrogens is 1. The van der Waals surface area contributed by atoms with Crippen LogP contribution < -0.4 is 10.1 Å². The second kappa shape index (κ2) is 9.30. The first-order valence-corrected chi connectivity index (χ1v) is 9.98. The van der Waals surface area contributed by atoms with Gasteiger partial charge in [0.2, 0.25) is 15.9 Å². The molecule has 2 rings (SSSR count). The third-order valence-corrected chi connectivity index (χ3v) is 4.99. The van der Waals surface area contributed by atoms with Crippen molar-refractivity contribution in [1.82, 2.24) is 14.6 Å². The molecule has 0 atom stereocenters. The van der Waals surface area contributed by atoms with Gasteiger partial charge in [-0.05, 0) is 29.8 Å². The Morgan fingerprint density at radius 3 is 2.50 bits per heavy atom. The van der Waals surface area contributed by atoms with Gasteiger partial charge in [0.1, 0.15) is 5.75 Å². The summed E-state index contributed by atoms with van der Waals surface area (Å²) in [4.78, 5) is 16.2. The zero-order chi connectivity index (χ0) is 19.0. The third-order valence-electron chi connectivity index (χ3n) is 3.74. The van der Waals surface area contributed by atoms with Crippen molar-refractivity contribution in [2.45, 2.75) is 13.0 Å². The quantitative estimate of drug-likeness (QED) is 0.710. The monoisotopic (exact) mass is 377 g/mol. The first-order valence-electron chi connectivity index (χ1n) is 8.13. The number of hydrogen-bond acceptors (Lipinski definition) is 5. The van der Waals surface area contributed by atoms with Crippen LogP contribution in [0.15, 0.2) is 48.7 Å². The van der Waals surface area contributed by atoms with Crippen LogP contribution in [0.4, 0.5) is 0 Å². The number of benzene rings is 1. The topological polar surface area (TPSA) is 88.6 Å². The molecule has 1 amide bonds. The van der Waals surface area contributed by atoms with Gasteiger partial charge in [-0.2, -0.15) is 4.31 Å². The fraction of sp³-hybridized carbons (Fsp3) is 0.333. The summed E-state index contributed by atoms with van der Waals surface area (Å²) in [5.41, 5.74) is 1.51. The lowest BCUT2D eigenvalue weighted by molar-refractivity contribution is -0.120. The van der Waals surface area contributed by atoms with Gasteiger partial charge in [-0.3, -0.25) is 9.78 Å². The molecule has 2 aromatic rings. The minimum absolute atomic E-state index is 0.165. The predicted molar refractivity (Wildman–Crippen MR) is 99.2 cm³/mol. The van der Waals surface area contributed by atoms with Crippen molar-refractivity contribution in [2.75, 3.05) is 26.5 Å². The number of pyridine rings is 1. The summed E-state index contributed by atoms with van der Waals surface area (Å²) in [7, 11) is -1.82. The number of carbonyl (C=O) groups excluding carboxylic acids is 1. The van der Waals surface area contributed by atoms with E-state index in [0.29, 0.717) is 5.69 Å². The number of hydrogen-bond donors (Lipinski definition) is 1. The summed E-state index contributed by atoms with van der Waals surface area (Å²) in [6.07, 6.45) is 2.99. The number of sulfonamides is 1. The van der Waals surface area contributed by atoms with Gasteiger partial charge in [0.15, 0.2) is 0 Å². The zero-order valence-electron chi connectivity index (χ0n) is 14.9. The van der Waals surface area contributed by atoms with Crippen LogP contribution in [-0.4, -0.2) is 50.1 Å². The number of amides is 1. The lowest BCUT2D eigenvalue weighted by atomic mass is 10.1. The molecule has 0 aliphatic carbocycles. The van der Waals surface area contributed by atoms with Crippen molar-refractivity contribution >= 4 is 15.9 Å². The molecule has 0 saturated carbocycles. The van der Waals surface area contributed by atoms with E-state index in [-0.39, 0.29) is 32.0 Å². The molecule has 1 N–H and O–H groups in total. The molecule has 0 unspecified atom stereocenters. The van der Waals surface area contributed by atoms with Gasteiger partial charge < -0.3 is 10.1 Å². The van der Waals surface area contributed by atoms with E-state index in [1.807, 2.05) is 12.1 Å². The van der Waals surface area contributed by atoms with Gasteiger partial charge in [-0.25, -0.2) is 8.42 Å². The van der Waals surface area contributed by atoms with Crippen LogP contribution in [-0.2, 0) is 27.8 Å². The lowest BCUT2D eigenvalue weighted by Gasteiger charge is -2.19. The molecule has 0 spiro atoms. The Hall–Kier alpha value is -2.45. The van der Waals surface area contributed by atoms with Crippen LogP contribution >= 0.6 is 0 Å². The molecule has 7 nitrogen and oxygen atoms in total. The Labute approximate surface area is 154 Å². The Bertz CT molecular complexity index is 808. The SMILES string of the molecule is COc1ccc(CC(=O)NCCN(Cc2ccccn2)S(C)(=O)=O)cc1. The molecule has 0 radical (unpaired) electrons. The molecule has 0 bridgehead atoms. The van der Waals surface area contributed by atoms with E-state index in [0.717, 1.165) is 17.6 Å². The summed E-state index contributed by atoms with van der Waals surface area (Å²) in [5, 5.41) is 2.75. The molecule has 26 heavy (non-hydrogen) atoms. The largest absolute Gasteiger partial charge is 0.497 e. The Morgan fingerprint density at radius 2 is 1.92 bits per heavy atom. The van der Waals surface area contributed by atoms with E-state index in [4.69, 9.17) is 4.74 Å². The highest BCUT2D eigenvalue weighted by Crippen LogP contribution is 2.11. The minimum atomic E-state index is -3.40. The molecule has 1 aromatic heterocycles. The van der Waals surface area contributed by atoms with Crippen LogP contribution in [0.1, 0.15) is 11.3 Å². The highest BCUT2D eigenvalue weighted by atomic mass is 32.2. The van der Waals surface area contributed by atoms with E-state index in [2.05, 4.69) is 10.3 Å². The summed E-state index contributed by atoms with van der Waals surface area (Å²) >= 11 is 0. The molecule has 1 aromatic carbocycles. The highest BCUT2D eigenvalue weighted by molar-refractivity contribution is 7.88. The summed E-state index contributed by atoms with van der Waals surface area (Å²) in [6.45, 7) is 0.590. The standard InChI is InChI=1S/C18H23N3O4S/c1-25-17-8-6-15(7-9-17)13-18(22)20-11-12-21(26(2,23)24)14-16-5-3-4-10-19-16/h3-10H,11-14H2,1-2H3,(H,20,22). The smallest absolute Gasteiger partial charge is 0.224 e.